The summed E-state index contributed by atoms with van der Waals surface area (Å²) in [5.74, 6) is 1.52. The van der Waals surface area contributed by atoms with E-state index in [1.165, 1.54) is 18.9 Å². The number of nitrogens with zero attached hydrogens (tertiary/aromatic N) is 7. The number of hydrogen-bond acceptors (Lipinski definition) is 8. The SMILES string of the molecule is C=CC(=O)N1CCN(c2nc(OCCN(C)CC3CC3)nc3c2CCN(c2cccc4cccc(Cl)c24)C3)C[C@@H]1CC#N. The number of ether oxygens (including phenoxy) is 1. The van der Waals surface area contributed by atoms with Crippen LogP contribution in [0, 0.1) is 17.2 Å². The maximum atomic E-state index is 12.5. The van der Waals surface area contributed by atoms with Gasteiger partial charge in [0.25, 0.3) is 0 Å². The van der Waals surface area contributed by atoms with Crippen LogP contribution in [-0.2, 0) is 17.8 Å². The second-order valence-corrected chi connectivity index (χ2v) is 12.2. The van der Waals surface area contributed by atoms with Crippen molar-refractivity contribution in [2.75, 3.05) is 62.7 Å². The van der Waals surface area contributed by atoms with Crippen molar-refractivity contribution < 1.29 is 9.53 Å². The molecule has 2 aliphatic heterocycles. The van der Waals surface area contributed by atoms with Crippen LogP contribution < -0.4 is 14.5 Å². The average Bonchev–Trinajstić information content (AvgIpc) is 3.84. The molecule has 224 valence electrons. The van der Waals surface area contributed by atoms with E-state index in [2.05, 4.69) is 58.7 Å². The van der Waals surface area contributed by atoms with Crippen LogP contribution >= 0.6 is 11.6 Å². The summed E-state index contributed by atoms with van der Waals surface area (Å²) < 4.78 is 6.20. The van der Waals surface area contributed by atoms with Gasteiger partial charge in [-0.2, -0.15) is 15.2 Å². The highest BCUT2D eigenvalue weighted by Crippen LogP contribution is 2.37. The molecule has 0 unspecified atom stereocenters. The fourth-order valence-corrected chi connectivity index (χ4v) is 6.60. The normalized spacial score (nSPS) is 18.5. The summed E-state index contributed by atoms with van der Waals surface area (Å²) in [7, 11) is 2.13. The summed E-state index contributed by atoms with van der Waals surface area (Å²) in [5.41, 5.74) is 3.12. The van der Waals surface area contributed by atoms with E-state index in [1.54, 1.807) is 4.90 Å². The number of fused-ring (bicyclic) bond motifs is 2. The summed E-state index contributed by atoms with van der Waals surface area (Å²) in [6, 6.07) is 14.7. The second kappa shape index (κ2) is 12.8. The number of nitriles is 1. The first-order valence-corrected chi connectivity index (χ1v) is 15.5. The Morgan fingerprint density at radius 3 is 2.77 bits per heavy atom. The number of piperazine rings is 1. The Labute approximate surface area is 258 Å². The first-order valence-electron chi connectivity index (χ1n) is 15.1. The summed E-state index contributed by atoms with van der Waals surface area (Å²) in [6.45, 7) is 9.07. The molecule has 2 fully saturated rings. The molecule has 3 heterocycles. The minimum Gasteiger partial charge on any atom is -0.462 e. The molecular weight excluding hydrogens is 562 g/mol. The molecule has 9 nitrogen and oxygen atoms in total. The van der Waals surface area contributed by atoms with Gasteiger partial charge in [0.1, 0.15) is 12.4 Å². The van der Waals surface area contributed by atoms with Gasteiger partial charge >= 0.3 is 6.01 Å². The van der Waals surface area contributed by atoms with Crippen LogP contribution in [0.4, 0.5) is 11.5 Å². The number of amides is 1. The van der Waals surface area contributed by atoms with Crippen LogP contribution in [0.15, 0.2) is 49.1 Å². The van der Waals surface area contributed by atoms with E-state index in [0.29, 0.717) is 38.8 Å². The minimum absolute atomic E-state index is 0.145. The van der Waals surface area contributed by atoms with Crippen molar-refractivity contribution in [3.8, 4) is 12.1 Å². The van der Waals surface area contributed by atoms with Crippen molar-refractivity contribution in [1.82, 2.24) is 19.8 Å². The molecule has 1 atom stereocenters. The lowest BCUT2D eigenvalue weighted by Crippen LogP contribution is -2.55. The van der Waals surface area contributed by atoms with Crippen molar-refractivity contribution in [3.05, 3.63) is 65.3 Å². The molecule has 6 rings (SSSR count). The van der Waals surface area contributed by atoms with Crippen LogP contribution in [0.2, 0.25) is 5.02 Å². The van der Waals surface area contributed by atoms with Crippen molar-refractivity contribution in [1.29, 1.82) is 5.26 Å². The fourth-order valence-electron chi connectivity index (χ4n) is 6.32. The summed E-state index contributed by atoms with van der Waals surface area (Å²) in [4.78, 5) is 31.0. The van der Waals surface area contributed by atoms with Gasteiger partial charge in [-0.3, -0.25) is 4.79 Å². The van der Waals surface area contributed by atoms with Crippen molar-refractivity contribution in [2.24, 2.45) is 5.92 Å². The molecule has 3 aromatic rings. The Morgan fingerprint density at radius 1 is 1.19 bits per heavy atom. The van der Waals surface area contributed by atoms with E-state index in [4.69, 9.17) is 26.3 Å². The Morgan fingerprint density at radius 2 is 2.00 bits per heavy atom. The standard InChI is InChI=1S/C33H38ClN7O2/c1-3-30(42)41-17-16-40(21-25(41)12-14-35)32-26-13-15-39(29-9-5-7-24-6-4-8-27(34)31(24)29)22-28(26)36-33(37-32)43-19-18-38(2)20-23-10-11-23/h3-9,23,25H,1,10-13,15-22H2,2H3/t25-/m0/s1. The van der Waals surface area contributed by atoms with Crippen LogP contribution in [-0.4, -0.2) is 84.6 Å². The molecule has 0 spiro atoms. The Hall–Kier alpha value is -3.87. The highest BCUT2D eigenvalue weighted by Gasteiger charge is 2.33. The maximum absolute atomic E-state index is 12.5. The van der Waals surface area contributed by atoms with Crippen molar-refractivity contribution in [2.45, 2.75) is 38.3 Å². The summed E-state index contributed by atoms with van der Waals surface area (Å²) in [5, 5.41) is 12.4. The molecule has 1 aliphatic carbocycles. The second-order valence-electron chi connectivity index (χ2n) is 11.8. The predicted molar refractivity (Wildman–Crippen MR) is 170 cm³/mol. The van der Waals surface area contributed by atoms with Gasteiger partial charge < -0.3 is 24.3 Å². The first kappa shape index (κ1) is 29.2. The fraction of sp³-hybridized carbons (Fsp3) is 0.455. The Balaban J connectivity index is 1.30. The third-order valence-electron chi connectivity index (χ3n) is 8.73. The Kier molecular flexibility index (Phi) is 8.68. The van der Waals surface area contributed by atoms with Crippen molar-refractivity contribution in [3.63, 3.8) is 0 Å². The van der Waals surface area contributed by atoms with Crippen LogP contribution in [0.1, 0.15) is 30.5 Å². The summed E-state index contributed by atoms with van der Waals surface area (Å²) in [6.07, 6.45) is 4.96. The zero-order valence-corrected chi connectivity index (χ0v) is 25.5. The molecule has 0 bridgehead atoms. The molecule has 1 aromatic heterocycles. The van der Waals surface area contributed by atoms with E-state index in [0.717, 1.165) is 70.5 Å². The molecule has 1 saturated carbocycles. The van der Waals surface area contributed by atoms with E-state index in [-0.39, 0.29) is 18.4 Å². The predicted octanol–water partition coefficient (Wildman–Crippen LogP) is 4.68. The highest BCUT2D eigenvalue weighted by atomic mass is 35.5. The molecule has 10 heteroatoms. The average molecular weight is 600 g/mol. The lowest BCUT2D eigenvalue weighted by molar-refractivity contribution is -0.128. The van der Waals surface area contributed by atoms with E-state index < -0.39 is 0 Å². The van der Waals surface area contributed by atoms with Gasteiger partial charge in [0, 0.05) is 55.9 Å². The zero-order chi connectivity index (χ0) is 29.9. The molecule has 43 heavy (non-hydrogen) atoms. The number of anilines is 2. The van der Waals surface area contributed by atoms with Gasteiger partial charge in [0.15, 0.2) is 0 Å². The van der Waals surface area contributed by atoms with Gasteiger partial charge in [0.05, 0.1) is 35.8 Å². The quantitative estimate of drug-likeness (QED) is 0.310. The largest absolute Gasteiger partial charge is 0.462 e. The van der Waals surface area contributed by atoms with Gasteiger partial charge in [-0.15, -0.1) is 0 Å². The summed E-state index contributed by atoms with van der Waals surface area (Å²) >= 11 is 6.70. The number of hydrogen-bond donors (Lipinski definition) is 0. The highest BCUT2D eigenvalue weighted by molar-refractivity contribution is 6.36. The molecule has 3 aliphatic rings. The smallest absolute Gasteiger partial charge is 0.318 e. The molecular formula is C33H38ClN7O2. The first-order chi connectivity index (χ1) is 20.9. The van der Waals surface area contributed by atoms with E-state index >= 15 is 0 Å². The molecule has 1 amide bonds. The number of benzene rings is 2. The van der Waals surface area contributed by atoms with Crippen LogP contribution in [0.25, 0.3) is 10.8 Å². The zero-order valence-electron chi connectivity index (χ0n) is 24.7. The molecule has 0 radical (unpaired) electrons. The molecule has 1 saturated heterocycles. The molecule has 0 N–H and O–H groups in total. The maximum Gasteiger partial charge on any atom is 0.318 e. The van der Waals surface area contributed by atoms with Gasteiger partial charge in [-0.25, -0.2) is 0 Å². The van der Waals surface area contributed by atoms with Gasteiger partial charge in [-0.05, 0) is 55.8 Å². The molecule has 2 aromatic carbocycles. The number of carbonyl (C=O) groups is 1. The van der Waals surface area contributed by atoms with E-state index in [9.17, 15) is 10.1 Å². The third kappa shape index (κ3) is 6.41. The topological polar surface area (TPSA) is 88.8 Å². The minimum atomic E-state index is -0.242. The Bertz CT molecular complexity index is 1550. The number of halogens is 1. The van der Waals surface area contributed by atoms with Gasteiger partial charge in [0.2, 0.25) is 5.91 Å². The number of carbonyl (C=O) groups excluding carboxylic acids is 1. The monoisotopic (exact) mass is 599 g/mol. The van der Waals surface area contributed by atoms with E-state index in [1.807, 2.05) is 12.1 Å². The number of rotatable bonds is 10. The van der Waals surface area contributed by atoms with Crippen LogP contribution in [0.5, 0.6) is 6.01 Å². The number of aromatic nitrogens is 2. The van der Waals surface area contributed by atoms with Crippen LogP contribution in [0.3, 0.4) is 0 Å². The third-order valence-corrected chi connectivity index (χ3v) is 9.05. The number of likely N-dealkylation sites (N-methyl/N-ethyl adjacent to an activating group) is 1. The van der Waals surface area contributed by atoms with Crippen molar-refractivity contribution >= 4 is 39.8 Å². The lowest BCUT2D eigenvalue weighted by Gasteiger charge is -2.42. The lowest BCUT2D eigenvalue weighted by atomic mass is 10.0. The van der Waals surface area contributed by atoms with Gasteiger partial charge in [-0.1, -0.05) is 42.4 Å².